The van der Waals surface area contributed by atoms with Gasteiger partial charge in [-0.25, -0.2) is 9.98 Å². The molecule has 2 aliphatic rings. The van der Waals surface area contributed by atoms with Crippen molar-refractivity contribution in [3.05, 3.63) is 70.4 Å². The lowest BCUT2D eigenvalue weighted by Gasteiger charge is -2.15. The zero-order valence-corrected chi connectivity index (χ0v) is 14.2. The van der Waals surface area contributed by atoms with E-state index in [0.717, 1.165) is 27.7 Å². The van der Waals surface area contributed by atoms with Crippen LogP contribution < -0.4 is 5.32 Å². The van der Waals surface area contributed by atoms with Crippen LogP contribution in [0, 0.1) is 0 Å². The fraction of sp³-hybridized carbons (Fsp3) is 0.211. The Labute approximate surface area is 149 Å². The average molecular weight is 348 g/mol. The number of amidine groups is 1. The number of aromatic nitrogens is 1. The summed E-state index contributed by atoms with van der Waals surface area (Å²) in [5, 5.41) is 5.63. The van der Waals surface area contributed by atoms with E-state index in [1.807, 2.05) is 30.3 Å². The van der Waals surface area contributed by atoms with Crippen molar-refractivity contribution >= 4 is 28.7 Å². The molecule has 0 amide bonds. The molecule has 4 heterocycles. The second-order valence-electron chi connectivity index (χ2n) is 6.16. The highest BCUT2D eigenvalue weighted by atomic mass is 32.1. The highest BCUT2D eigenvalue weighted by molar-refractivity contribution is 7.10. The smallest absolute Gasteiger partial charge is 0.163 e. The normalized spacial score (nSPS) is 19.6. The zero-order chi connectivity index (χ0) is 16.6. The van der Waals surface area contributed by atoms with E-state index < -0.39 is 0 Å². The van der Waals surface area contributed by atoms with Gasteiger partial charge in [-0.1, -0.05) is 6.07 Å². The number of nitrogens with zero attached hydrogens (tertiary/aromatic N) is 3. The summed E-state index contributed by atoms with van der Waals surface area (Å²) >= 11 is 1.69. The Balaban J connectivity index is 1.71. The second kappa shape index (κ2) is 5.97. The second-order valence-corrected chi connectivity index (χ2v) is 7.14. The summed E-state index contributed by atoms with van der Waals surface area (Å²) in [5.41, 5.74) is 1.69. The predicted molar refractivity (Wildman–Crippen MR) is 98.9 cm³/mol. The third-order valence-electron chi connectivity index (χ3n) is 4.28. The van der Waals surface area contributed by atoms with Crippen LogP contribution in [-0.4, -0.2) is 22.6 Å². The van der Waals surface area contributed by atoms with Crippen molar-refractivity contribution in [2.45, 2.75) is 24.9 Å². The Bertz CT molecular complexity index is 940. The zero-order valence-electron chi connectivity index (χ0n) is 13.4. The van der Waals surface area contributed by atoms with E-state index in [1.54, 1.807) is 23.8 Å². The van der Waals surface area contributed by atoms with Crippen LogP contribution in [0.2, 0.25) is 0 Å². The molecule has 0 radical (unpaired) electrons. The van der Waals surface area contributed by atoms with Gasteiger partial charge in [-0.15, -0.1) is 11.3 Å². The van der Waals surface area contributed by atoms with Gasteiger partial charge < -0.3 is 9.73 Å². The largest absolute Gasteiger partial charge is 0.463 e. The van der Waals surface area contributed by atoms with Gasteiger partial charge in [-0.05, 0) is 48.6 Å². The van der Waals surface area contributed by atoms with E-state index in [2.05, 4.69) is 21.7 Å². The van der Waals surface area contributed by atoms with Crippen LogP contribution in [0.4, 0.5) is 5.82 Å². The molecule has 25 heavy (non-hydrogen) atoms. The molecular formula is C19H16N4OS. The molecule has 124 valence electrons. The van der Waals surface area contributed by atoms with Gasteiger partial charge in [0.15, 0.2) is 11.6 Å². The number of aliphatic imine (C=N–C) groups is 2. The standard InChI is InChI=1S/C19H16N4OS/c1-4-13-16(14-5-2-10-24-14)22-17(15-6-3-11-25-15)19(21-12-7-8-12)23-18(13)20-9-1/h1-6,9-12,17H,7-8H2,(H,20,21,23). The van der Waals surface area contributed by atoms with Gasteiger partial charge in [0.1, 0.15) is 17.6 Å². The van der Waals surface area contributed by atoms with Crippen LogP contribution in [-0.2, 0) is 0 Å². The molecule has 1 unspecified atom stereocenters. The van der Waals surface area contributed by atoms with Crippen molar-refractivity contribution in [3.63, 3.8) is 0 Å². The van der Waals surface area contributed by atoms with Crippen molar-refractivity contribution in [1.82, 2.24) is 10.3 Å². The summed E-state index contributed by atoms with van der Waals surface area (Å²) in [4.78, 5) is 15.6. The van der Waals surface area contributed by atoms with E-state index in [-0.39, 0.29) is 6.04 Å². The predicted octanol–water partition coefficient (Wildman–Crippen LogP) is 4.11. The first kappa shape index (κ1) is 14.6. The summed E-state index contributed by atoms with van der Waals surface area (Å²) in [6, 6.07) is 12.2. The first-order valence-electron chi connectivity index (χ1n) is 8.34. The minimum Gasteiger partial charge on any atom is -0.463 e. The summed E-state index contributed by atoms with van der Waals surface area (Å²) in [6.45, 7) is 0. The van der Waals surface area contributed by atoms with Gasteiger partial charge in [0.25, 0.3) is 0 Å². The molecular weight excluding hydrogens is 332 g/mol. The molecule has 3 aromatic heterocycles. The fourth-order valence-corrected chi connectivity index (χ4v) is 3.67. The van der Waals surface area contributed by atoms with Crippen molar-refractivity contribution in [1.29, 1.82) is 0 Å². The minimum atomic E-state index is -0.171. The number of fused-ring (bicyclic) bond motifs is 1. The maximum Gasteiger partial charge on any atom is 0.163 e. The summed E-state index contributed by atoms with van der Waals surface area (Å²) in [5.74, 6) is 2.28. The maximum atomic E-state index is 5.65. The Morgan fingerprint density at radius 3 is 2.84 bits per heavy atom. The van der Waals surface area contributed by atoms with Crippen molar-refractivity contribution in [2.24, 2.45) is 9.98 Å². The molecule has 1 N–H and O–H groups in total. The molecule has 1 saturated carbocycles. The van der Waals surface area contributed by atoms with Gasteiger partial charge in [-0.3, -0.25) is 4.99 Å². The molecule has 3 aromatic rings. The number of hydrogen-bond donors (Lipinski definition) is 1. The van der Waals surface area contributed by atoms with E-state index in [4.69, 9.17) is 14.4 Å². The molecule has 0 spiro atoms. The Kier molecular flexibility index (Phi) is 3.48. The van der Waals surface area contributed by atoms with Crippen LogP contribution in [0.3, 0.4) is 0 Å². The van der Waals surface area contributed by atoms with Crippen LogP contribution >= 0.6 is 11.3 Å². The SMILES string of the molecule is c1coc(C2=NC(c3cccs3)C(NC3CC3)=Nc3ncccc32)c1. The number of furan rings is 1. The molecule has 1 fully saturated rings. The molecule has 1 atom stereocenters. The quantitative estimate of drug-likeness (QED) is 0.775. The number of nitrogens with one attached hydrogen (secondary N) is 1. The van der Waals surface area contributed by atoms with Crippen molar-refractivity contribution in [3.8, 4) is 0 Å². The highest BCUT2D eigenvalue weighted by Crippen LogP contribution is 2.33. The first-order valence-corrected chi connectivity index (χ1v) is 9.22. The lowest BCUT2D eigenvalue weighted by Crippen LogP contribution is -2.30. The van der Waals surface area contributed by atoms with Gasteiger partial charge >= 0.3 is 0 Å². The maximum absolute atomic E-state index is 5.65. The van der Waals surface area contributed by atoms with Crippen LogP contribution in [0.1, 0.15) is 35.1 Å². The van der Waals surface area contributed by atoms with E-state index in [1.165, 1.54) is 12.8 Å². The van der Waals surface area contributed by atoms with Crippen LogP contribution in [0.15, 0.2) is 68.6 Å². The van der Waals surface area contributed by atoms with E-state index in [9.17, 15) is 0 Å². The molecule has 1 aliphatic heterocycles. The van der Waals surface area contributed by atoms with Gasteiger partial charge in [-0.2, -0.15) is 0 Å². The minimum absolute atomic E-state index is 0.171. The van der Waals surface area contributed by atoms with Crippen LogP contribution in [0.5, 0.6) is 0 Å². The molecule has 0 saturated heterocycles. The summed E-state index contributed by atoms with van der Waals surface area (Å²) in [7, 11) is 0. The third-order valence-corrected chi connectivity index (χ3v) is 5.21. The lowest BCUT2D eigenvalue weighted by molar-refractivity contribution is 0.557. The number of hydrogen-bond acceptors (Lipinski definition) is 6. The number of pyridine rings is 1. The van der Waals surface area contributed by atoms with Gasteiger partial charge in [0.05, 0.1) is 6.26 Å². The van der Waals surface area contributed by atoms with Crippen molar-refractivity contribution in [2.75, 3.05) is 0 Å². The highest BCUT2D eigenvalue weighted by Gasteiger charge is 2.31. The van der Waals surface area contributed by atoms with Gasteiger partial charge in [0.2, 0.25) is 0 Å². The summed E-state index contributed by atoms with van der Waals surface area (Å²) < 4.78 is 5.65. The molecule has 6 heteroatoms. The lowest BCUT2D eigenvalue weighted by atomic mass is 10.1. The Hall–Kier alpha value is -2.73. The molecule has 0 bridgehead atoms. The number of rotatable bonds is 3. The topological polar surface area (TPSA) is 62.8 Å². The van der Waals surface area contributed by atoms with E-state index in [0.29, 0.717) is 11.9 Å². The Morgan fingerprint density at radius 2 is 2.08 bits per heavy atom. The van der Waals surface area contributed by atoms with Crippen LogP contribution in [0.25, 0.3) is 0 Å². The monoisotopic (exact) mass is 348 g/mol. The van der Waals surface area contributed by atoms with Crippen molar-refractivity contribution < 1.29 is 4.42 Å². The first-order chi connectivity index (χ1) is 12.4. The molecule has 5 rings (SSSR count). The van der Waals surface area contributed by atoms with Gasteiger partial charge in [0, 0.05) is 22.7 Å². The Morgan fingerprint density at radius 1 is 1.12 bits per heavy atom. The fourth-order valence-electron chi connectivity index (χ4n) is 2.91. The third kappa shape index (κ3) is 2.78. The molecule has 1 aliphatic carbocycles. The average Bonchev–Trinajstić information content (AvgIpc) is 3.11. The van der Waals surface area contributed by atoms with E-state index >= 15 is 0 Å². The number of thiophene rings is 1. The molecule has 5 nitrogen and oxygen atoms in total. The summed E-state index contributed by atoms with van der Waals surface area (Å²) in [6.07, 6.45) is 5.80. The molecule has 0 aromatic carbocycles.